The van der Waals surface area contributed by atoms with Crippen LogP contribution in [0.3, 0.4) is 0 Å². The summed E-state index contributed by atoms with van der Waals surface area (Å²) in [6.07, 6.45) is 4.90. The van der Waals surface area contributed by atoms with Crippen LogP contribution in [0.2, 0.25) is 0 Å². The molecule has 2 N–H and O–H groups in total. The summed E-state index contributed by atoms with van der Waals surface area (Å²) in [6, 6.07) is 8.79. The SMILES string of the molecule is CCN1CCC(Nc2ccc(OC3CCCCC3O)cc2)C(C)C1. The second-order valence-electron chi connectivity index (χ2n) is 7.44. The molecule has 0 radical (unpaired) electrons. The van der Waals surface area contributed by atoms with Crippen LogP contribution >= 0.6 is 0 Å². The van der Waals surface area contributed by atoms with Gasteiger partial charge in [0.15, 0.2) is 0 Å². The number of rotatable bonds is 5. The zero-order valence-corrected chi connectivity index (χ0v) is 15.1. The Hall–Kier alpha value is -1.26. The molecule has 0 bridgehead atoms. The van der Waals surface area contributed by atoms with E-state index in [-0.39, 0.29) is 12.2 Å². The summed E-state index contributed by atoms with van der Waals surface area (Å²) in [5, 5.41) is 13.7. The molecule has 1 aromatic rings. The van der Waals surface area contributed by atoms with Gasteiger partial charge in [-0.25, -0.2) is 0 Å². The molecule has 0 aromatic heterocycles. The summed E-state index contributed by atoms with van der Waals surface area (Å²) in [6.45, 7) is 8.08. The molecule has 0 amide bonds. The highest BCUT2D eigenvalue weighted by atomic mass is 16.5. The van der Waals surface area contributed by atoms with Crippen LogP contribution in [-0.2, 0) is 0 Å². The van der Waals surface area contributed by atoms with E-state index in [4.69, 9.17) is 4.74 Å². The minimum Gasteiger partial charge on any atom is -0.488 e. The Morgan fingerprint density at radius 1 is 1.17 bits per heavy atom. The molecule has 24 heavy (non-hydrogen) atoms. The molecule has 2 fully saturated rings. The quantitative estimate of drug-likeness (QED) is 0.866. The van der Waals surface area contributed by atoms with Gasteiger partial charge in [0.25, 0.3) is 0 Å². The fraction of sp³-hybridized carbons (Fsp3) is 0.700. The first kappa shape index (κ1) is 17.6. The Kier molecular flexibility index (Phi) is 6.01. The molecular formula is C20H32N2O2. The fourth-order valence-electron chi connectivity index (χ4n) is 3.97. The first-order valence-electron chi connectivity index (χ1n) is 9.59. The van der Waals surface area contributed by atoms with Crippen molar-refractivity contribution in [3.63, 3.8) is 0 Å². The number of aliphatic hydroxyl groups excluding tert-OH is 1. The van der Waals surface area contributed by atoms with Gasteiger partial charge in [-0.1, -0.05) is 20.3 Å². The van der Waals surface area contributed by atoms with Crippen LogP contribution in [-0.4, -0.2) is 47.9 Å². The van der Waals surface area contributed by atoms with Gasteiger partial charge in [-0.3, -0.25) is 0 Å². The lowest BCUT2D eigenvalue weighted by Gasteiger charge is -2.37. The zero-order chi connectivity index (χ0) is 16.9. The van der Waals surface area contributed by atoms with Gasteiger partial charge in [-0.15, -0.1) is 0 Å². The number of piperidine rings is 1. The molecule has 1 aliphatic heterocycles. The summed E-state index contributed by atoms with van der Waals surface area (Å²) >= 11 is 0. The molecule has 134 valence electrons. The number of likely N-dealkylation sites (tertiary alicyclic amines) is 1. The molecule has 4 nitrogen and oxygen atoms in total. The average Bonchev–Trinajstić information content (AvgIpc) is 2.60. The molecule has 4 heteroatoms. The lowest BCUT2D eigenvalue weighted by Crippen LogP contribution is -2.44. The minimum atomic E-state index is -0.318. The van der Waals surface area contributed by atoms with Gasteiger partial charge in [0, 0.05) is 24.8 Å². The molecule has 1 heterocycles. The molecular weight excluding hydrogens is 300 g/mol. The van der Waals surface area contributed by atoms with Crippen molar-refractivity contribution in [2.45, 2.75) is 64.2 Å². The number of benzene rings is 1. The molecule has 1 saturated carbocycles. The molecule has 2 aliphatic rings. The molecule has 1 aromatic carbocycles. The van der Waals surface area contributed by atoms with Gasteiger partial charge in [0.05, 0.1) is 6.10 Å². The predicted molar refractivity (Wildman–Crippen MR) is 98.6 cm³/mol. The number of hydrogen-bond donors (Lipinski definition) is 2. The topological polar surface area (TPSA) is 44.7 Å². The molecule has 4 unspecified atom stereocenters. The van der Waals surface area contributed by atoms with Crippen LogP contribution in [0, 0.1) is 5.92 Å². The smallest absolute Gasteiger partial charge is 0.124 e. The Balaban J connectivity index is 1.53. The third-order valence-corrected chi connectivity index (χ3v) is 5.60. The standard InChI is InChI=1S/C20H32N2O2/c1-3-22-13-12-18(15(2)14-22)21-16-8-10-17(11-9-16)24-20-7-5-4-6-19(20)23/h8-11,15,18-21,23H,3-7,12-14H2,1-2H3. The van der Waals surface area contributed by atoms with Crippen molar-refractivity contribution in [1.82, 2.24) is 4.90 Å². The highest BCUT2D eigenvalue weighted by Crippen LogP contribution is 2.26. The summed E-state index contributed by atoms with van der Waals surface area (Å²) in [4.78, 5) is 2.52. The molecule has 1 saturated heterocycles. The Morgan fingerprint density at radius 3 is 2.58 bits per heavy atom. The highest BCUT2D eigenvalue weighted by Gasteiger charge is 2.26. The summed E-state index contributed by atoms with van der Waals surface area (Å²) in [5.41, 5.74) is 1.16. The van der Waals surface area contributed by atoms with Crippen molar-refractivity contribution in [2.75, 3.05) is 25.0 Å². The van der Waals surface area contributed by atoms with E-state index in [0.29, 0.717) is 12.0 Å². The van der Waals surface area contributed by atoms with Gasteiger partial charge >= 0.3 is 0 Å². The normalized spacial score (nSPS) is 31.6. The number of anilines is 1. The van der Waals surface area contributed by atoms with E-state index in [9.17, 15) is 5.11 Å². The second kappa shape index (κ2) is 8.21. The van der Waals surface area contributed by atoms with E-state index < -0.39 is 0 Å². The van der Waals surface area contributed by atoms with Crippen LogP contribution in [0.1, 0.15) is 46.0 Å². The monoisotopic (exact) mass is 332 g/mol. The van der Waals surface area contributed by atoms with Crippen LogP contribution in [0.4, 0.5) is 5.69 Å². The fourth-order valence-corrected chi connectivity index (χ4v) is 3.97. The summed E-state index contributed by atoms with van der Waals surface area (Å²) < 4.78 is 5.98. The van der Waals surface area contributed by atoms with Gasteiger partial charge in [-0.2, -0.15) is 0 Å². The van der Waals surface area contributed by atoms with E-state index in [1.54, 1.807) is 0 Å². The highest BCUT2D eigenvalue weighted by molar-refractivity contribution is 5.47. The van der Waals surface area contributed by atoms with Crippen LogP contribution < -0.4 is 10.1 Å². The van der Waals surface area contributed by atoms with E-state index in [2.05, 4.69) is 36.2 Å². The lowest BCUT2D eigenvalue weighted by atomic mass is 9.93. The van der Waals surface area contributed by atoms with E-state index in [1.165, 1.54) is 19.5 Å². The number of hydrogen-bond acceptors (Lipinski definition) is 4. The first-order chi connectivity index (χ1) is 11.7. The van der Waals surface area contributed by atoms with Crippen molar-refractivity contribution in [3.8, 4) is 5.75 Å². The third kappa shape index (κ3) is 4.42. The summed E-state index contributed by atoms with van der Waals surface area (Å²) in [7, 11) is 0. The minimum absolute atomic E-state index is 0.0454. The number of nitrogens with one attached hydrogen (secondary N) is 1. The van der Waals surface area contributed by atoms with E-state index in [1.807, 2.05) is 12.1 Å². The number of ether oxygens (including phenoxy) is 1. The maximum absolute atomic E-state index is 10.0. The first-order valence-corrected chi connectivity index (χ1v) is 9.59. The lowest BCUT2D eigenvalue weighted by molar-refractivity contribution is 0.00688. The maximum Gasteiger partial charge on any atom is 0.124 e. The Bertz CT molecular complexity index is 505. The molecule has 3 rings (SSSR count). The Morgan fingerprint density at radius 2 is 1.92 bits per heavy atom. The van der Waals surface area contributed by atoms with Crippen LogP contribution in [0.5, 0.6) is 5.75 Å². The van der Waals surface area contributed by atoms with Crippen LogP contribution in [0.15, 0.2) is 24.3 Å². The predicted octanol–water partition coefficient (Wildman–Crippen LogP) is 3.51. The number of nitrogens with zero attached hydrogens (tertiary/aromatic N) is 1. The molecule has 0 spiro atoms. The van der Waals surface area contributed by atoms with Gasteiger partial charge in [0.1, 0.15) is 11.9 Å². The third-order valence-electron chi connectivity index (χ3n) is 5.60. The largest absolute Gasteiger partial charge is 0.488 e. The average molecular weight is 332 g/mol. The molecule has 1 aliphatic carbocycles. The Labute approximate surface area is 146 Å². The van der Waals surface area contributed by atoms with Crippen molar-refractivity contribution in [3.05, 3.63) is 24.3 Å². The maximum atomic E-state index is 10.0. The summed E-state index contributed by atoms with van der Waals surface area (Å²) in [5.74, 6) is 1.52. The van der Waals surface area contributed by atoms with E-state index >= 15 is 0 Å². The number of aliphatic hydroxyl groups is 1. The molecule has 4 atom stereocenters. The van der Waals surface area contributed by atoms with Crippen molar-refractivity contribution in [1.29, 1.82) is 0 Å². The van der Waals surface area contributed by atoms with Gasteiger partial charge in [0.2, 0.25) is 0 Å². The van der Waals surface area contributed by atoms with E-state index in [0.717, 1.165) is 43.7 Å². The second-order valence-corrected chi connectivity index (χ2v) is 7.44. The van der Waals surface area contributed by atoms with Crippen molar-refractivity contribution < 1.29 is 9.84 Å². The van der Waals surface area contributed by atoms with Gasteiger partial charge in [-0.05, 0) is 62.4 Å². The van der Waals surface area contributed by atoms with Crippen molar-refractivity contribution >= 4 is 5.69 Å². The van der Waals surface area contributed by atoms with Crippen molar-refractivity contribution in [2.24, 2.45) is 5.92 Å². The zero-order valence-electron chi connectivity index (χ0n) is 15.1. The van der Waals surface area contributed by atoms with Gasteiger partial charge < -0.3 is 20.1 Å². The van der Waals surface area contributed by atoms with Crippen LogP contribution in [0.25, 0.3) is 0 Å².